The average Bonchev–Trinajstić information content (AvgIpc) is 2.68. The molecule has 3 rings (SSSR count). The van der Waals surface area contributed by atoms with Gasteiger partial charge in [-0.3, -0.25) is 4.79 Å². The minimum Gasteiger partial charge on any atom is -0.508 e. The first kappa shape index (κ1) is 22.3. The second-order valence-electron chi connectivity index (χ2n) is 8.44. The van der Waals surface area contributed by atoms with Crippen LogP contribution in [0.4, 0.5) is 0 Å². The topological polar surface area (TPSA) is 107 Å². The van der Waals surface area contributed by atoms with Gasteiger partial charge in [-0.1, -0.05) is 24.6 Å². The molecule has 1 aliphatic heterocycles. The minimum atomic E-state index is -0.880. The van der Waals surface area contributed by atoms with Gasteiger partial charge in [0.2, 0.25) is 0 Å². The predicted octanol–water partition coefficient (Wildman–Crippen LogP) is 5.06. The van der Waals surface area contributed by atoms with E-state index in [1.807, 2.05) is 20.8 Å². The van der Waals surface area contributed by atoms with E-state index >= 15 is 0 Å². The number of hydrogen-bond donors (Lipinski definition) is 4. The van der Waals surface area contributed by atoms with Crippen LogP contribution in [0.2, 0.25) is 0 Å². The molecule has 164 valence electrons. The van der Waals surface area contributed by atoms with E-state index in [-0.39, 0.29) is 40.9 Å². The molecule has 0 amide bonds. The SMILES string of the molecule is C=CC(C)(CCC=C(C)C)c1cc(C2COc3cc(O)cc(O)c3C2=O)c(O)cc1O. The highest BCUT2D eigenvalue weighted by Gasteiger charge is 2.36. The number of allylic oxidation sites excluding steroid dienone is 3. The second-order valence-corrected chi connectivity index (χ2v) is 8.44. The summed E-state index contributed by atoms with van der Waals surface area (Å²) in [4.78, 5) is 13.1. The Morgan fingerprint density at radius 1 is 1.13 bits per heavy atom. The van der Waals surface area contributed by atoms with Gasteiger partial charge in [0.05, 0.1) is 5.92 Å². The van der Waals surface area contributed by atoms with Gasteiger partial charge in [-0.25, -0.2) is 0 Å². The number of phenolic OH excluding ortho intramolecular Hbond substituents is 4. The first-order valence-corrected chi connectivity index (χ1v) is 10.1. The molecule has 31 heavy (non-hydrogen) atoms. The third kappa shape index (κ3) is 4.24. The molecule has 0 aromatic heterocycles. The summed E-state index contributed by atoms with van der Waals surface area (Å²) in [6.45, 7) is 9.84. The van der Waals surface area contributed by atoms with Crippen LogP contribution in [0.5, 0.6) is 28.7 Å². The van der Waals surface area contributed by atoms with E-state index in [9.17, 15) is 25.2 Å². The largest absolute Gasteiger partial charge is 0.508 e. The monoisotopic (exact) mass is 424 g/mol. The van der Waals surface area contributed by atoms with Crippen molar-refractivity contribution in [2.45, 2.75) is 44.9 Å². The van der Waals surface area contributed by atoms with Crippen molar-refractivity contribution < 1.29 is 30.0 Å². The Morgan fingerprint density at radius 3 is 2.48 bits per heavy atom. The molecule has 0 fully saturated rings. The number of phenols is 4. The fourth-order valence-electron chi connectivity index (χ4n) is 3.94. The number of ketones is 1. The molecule has 2 atom stereocenters. The Kier molecular flexibility index (Phi) is 6.02. The van der Waals surface area contributed by atoms with E-state index in [0.29, 0.717) is 17.5 Å². The summed E-state index contributed by atoms with van der Waals surface area (Å²) in [6, 6.07) is 5.18. The summed E-state index contributed by atoms with van der Waals surface area (Å²) in [5, 5.41) is 40.9. The number of aromatic hydroxyl groups is 4. The summed E-state index contributed by atoms with van der Waals surface area (Å²) in [5.74, 6) is -2.14. The lowest BCUT2D eigenvalue weighted by molar-refractivity contribution is 0.0889. The van der Waals surface area contributed by atoms with Gasteiger partial charge in [0, 0.05) is 34.7 Å². The molecule has 0 saturated carbocycles. The van der Waals surface area contributed by atoms with Crippen LogP contribution < -0.4 is 4.74 Å². The molecule has 1 aliphatic rings. The number of carbonyl (C=O) groups is 1. The number of Topliss-reactive ketones (excluding diaryl/α,β-unsaturated/α-hetero) is 1. The third-order valence-electron chi connectivity index (χ3n) is 5.84. The zero-order valence-corrected chi connectivity index (χ0v) is 18.0. The van der Waals surface area contributed by atoms with E-state index in [1.54, 1.807) is 12.1 Å². The average molecular weight is 424 g/mol. The smallest absolute Gasteiger partial charge is 0.181 e. The fourth-order valence-corrected chi connectivity index (χ4v) is 3.94. The van der Waals surface area contributed by atoms with Crippen LogP contribution in [0.3, 0.4) is 0 Å². The van der Waals surface area contributed by atoms with Crippen molar-refractivity contribution in [3.05, 3.63) is 65.3 Å². The van der Waals surface area contributed by atoms with Gasteiger partial charge in [0.15, 0.2) is 5.78 Å². The van der Waals surface area contributed by atoms with E-state index in [0.717, 1.165) is 12.5 Å². The number of fused-ring (bicyclic) bond motifs is 1. The zero-order chi connectivity index (χ0) is 22.9. The number of ether oxygens (including phenoxy) is 1. The summed E-state index contributed by atoms with van der Waals surface area (Å²) in [6.07, 6.45) is 5.31. The van der Waals surface area contributed by atoms with Gasteiger partial charge < -0.3 is 25.2 Å². The zero-order valence-electron chi connectivity index (χ0n) is 18.0. The van der Waals surface area contributed by atoms with Crippen LogP contribution in [-0.2, 0) is 5.41 Å². The normalized spacial score (nSPS) is 17.3. The standard InChI is InChI=1S/C25H28O6/c1-5-25(4,8-6-7-14(2)3)18-11-16(19(27)12-20(18)28)17-13-31-22-10-15(26)9-21(29)23(22)24(17)30/h5,7,9-12,17,26-29H,1,6,8,13H2,2-4H3. The number of benzene rings is 2. The van der Waals surface area contributed by atoms with Crippen molar-refractivity contribution in [2.24, 2.45) is 0 Å². The molecule has 6 nitrogen and oxygen atoms in total. The molecular weight excluding hydrogens is 396 g/mol. The Balaban J connectivity index is 2.04. The highest BCUT2D eigenvalue weighted by atomic mass is 16.5. The van der Waals surface area contributed by atoms with E-state index in [4.69, 9.17) is 4.74 Å². The van der Waals surface area contributed by atoms with Crippen molar-refractivity contribution in [1.82, 2.24) is 0 Å². The molecule has 2 unspecified atom stereocenters. The molecule has 1 heterocycles. The molecule has 6 heteroatoms. The van der Waals surface area contributed by atoms with Gasteiger partial charge in [-0.2, -0.15) is 0 Å². The quantitative estimate of drug-likeness (QED) is 0.483. The maximum atomic E-state index is 13.1. The van der Waals surface area contributed by atoms with Crippen molar-refractivity contribution in [2.75, 3.05) is 6.61 Å². The molecule has 0 spiro atoms. The van der Waals surface area contributed by atoms with Crippen molar-refractivity contribution in [3.63, 3.8) is 0 Å². The van der Waals surface area contributed by atoms with E-state index in [1.165, 1.54) is 17.7 Å². The fraction of sp³-hybridized carbons (Fsp3) is 0.320. The van der Waals surface area contributed by atoms with Crippen molar-refractivity contribution in [1.29, 1.82) is 0 Å². The Labute approximate surface area is 181 Å². The first-order chi connectivity index (χ1) is 14.6. The number of carbonyl (C=O) groups excluding carboxylic acids is 1. The maximum Gasteiger partial charge on any atom is 0.181 e. The maximum absolute atomic E-state index is 13.1. The number of rotatable bonds is 6. The predicted molar refractivity (Wildman–Crippen MR) is 118 cm³/mol. The highest BCUT2D eigenvalue weighted by molar-refractivity contribution is 6.06. The van der Waals surface area contributed by atoms with Crippen molar-refractivity contribution >= 4 is 5.78 Å². The lowest BCUT2D eigenvalue weighted by Gasteiger charge is -2.30. The van der Waals surface area contributed by atoms with E-state index < -0.39 is 17.1 Å². The molecule has 0 radical (unpaired) electrons. The molecule has 2 aromatic rings. The van der Waals surface area contributed by atoms with Crippen LogP contribution in [0, 0.1) is 0 Å². The van der Waals surface area contributed by atoms with Gasteiger partial charge in [0.1, 0.15) is 40.9 Å². The van der Waals surface area contributed by atoms with Crippen LogP contribution in [0.15, 0.2) is 48.6 Å². The summed E-state index contributed by atoms with van der Waals surface area (Å²) in [7, 11) is 0. The van der Waals surface area contributed by atoms with Gasteiger partial charge in [-0.15, -0.1) is 6.58 Å². The van der Waals surface area contributed by atoms with Crippen LogP contribution >= 0.6 is 0 Å². The molecule has 4 N–H and O–H groups in total. The highest BCUT2D eigenvalue weighted by Crippen LogP contribution is 2.45. The third-order valence-corrected chi connectivity index (χ3v) is 5.84. The lowest BCUT2D eigenvalue weighted by atomic mass is 9.76. The lowest BCUT2D eigenvalue weighted by Crippen LogP contribution is -2.27. The number of hydrogen-bond acceptors (Lipinski definition) is 6. The molecular formula is C25H28O6. The molecule has 0 bridgehead atoms. The van der Waals surface area contributed by atoms with Gasteiger partial charge >= 0.3 is 0 Å². The first-order valence-electron chi connectivity index (χ1n) is 10.1. The van der Waals surface area contributed by atoms with Crippen LogP contribution in [0.25, 0.3) is 0 Å². The van der Waals surface area contributed by atoms with Gasteiger partial charge in [0.25, 0.3) is 0 Å². The second kappa shape index (κ2) is 8.38. The minimum absolute atomic E-state index is 0.0434. The Morgan fingerprint density at radius 2 is 1.84 bits per heavy atom. The molecule has 0 aliphatic carbocycles. The van der Waals surface area contributed by atoms with Crippen LogP contribution in [0.1, 0.15) is 61.0 Å². The Hall–Kier alpha value is -3.41. The van der Waals surface area contributed by atoms with Gasteiger partial charge in [-0.05, 0) is 32.8 Å². The van der Waals surface area contributed by atoms with Crippen molar-refractivity contribution in [3.8, 4) is 28.7 Å². The molecule has 2 aromatic carbocycles. The summed E-state index contributed by atoms with van der Waals surface area (Å²) in [5.41, 5.74) is 1.40. The summed E-state index contributed by atoms with van der Waals surface area (Å²) >= 11 is 0. The molecule has 0 saturated heterocycles. The summed E-state index contributed by atoms with van der Waals surface area (Å²) < 4.78 is 5.61. The van der Waals surface area contributed by atoms with Crippen LogP contribution in [-0.4, -0.2) is 32.8 Å². The van der Waals surface area contributed by atoms with E-state index in [2.05, 4.69) is 12.7 Å². The Bertz CT molecular complexity index is 1060.